The Bertz CT molecular complexity index is 1190. The highest BCUT2D eigenvalue weighted by molar-refractivity contribution is 7.89. The van der Waals surface area contributed by atoms with Gasteiger partial charge in [-0.1, -0.05) is 6.92 Å². The molecule has 26 heavy (non-hydrogen) atoms. The second-order valence-electron chi connectivity index (χ2n) is 6.96. The number of nitrogens with zero attached hydrogens (tertiary/aromatic N) is 3. The van der Waals surface area contributed by atoms with Crippen molar-refractivity contribution in [1.82, 2.24) is 14.5 Å². The minimum absolute atomic E-state index is 0.0885. The maximum atomic E-state index is 13.2. The third-order valence-corrected chi connectivity index (χ3v) is 6.59. The van der Waals surface area contributed by atoms with E-state index in [1.54, 1.807) is 16.8 Å². The average Bonchev–Trinajstić information content (AvgIpc) is 3.19. The normalized spacial score (nSPS) is 16.1. The van der Waals surface area contributed by atoms with Crippen LogP contribution < -0.4 is 10.7 Å². The van der Waals surface area contributed by atoms with Crippen LogP contribution in [0.3, 0.4) is 0 Å². The third kappa shape index (κ3) is 2.95. The maximum Gasteiger partial charge on any atom is 0.261 e. The van der Waals surface area contributed by atoms with Crippen molar-refractivity contribution in [2.75, 3.05) is 0 Å². The van der Waals surface area contributed by atoms with Crippen molar-refractivity contribution in [2.45, 2.75) is 43.5 Å². The van der Waals surface area contributed by atoms with Gasteiger partial charge in [0.25, 0.3) is 5.56 Å². The van der Waals surface area contributed by atoms with Gasteiger partial charge in [-0.15, -0.1) is 11.3 Å². The van der Waals surface area contributed by atoms with Gasteiger partial charge in [0.2, 0.25) is 10.0 Å². The van der Waals surface area contributed by atoms with Gasteiger partial charge in [0.15, 0.2) is 0 Å². The zero-order chi connectivity index (χ0) is 18.7. The topological polar surface area (TPSA) is 108 Å². The number of aryl methyl sites for hydroxylation is 1. The van der Waals surface area contributed by atoms with E-state index in [-0.39, 0.29) is 21.3 Å². The van der Waals surface area contributed by atoms with Crippen LogP contribution in [-0.2, 0) is 22.0 Å². The van der Waals surface area contributed by atoms with Crippen LogP contribution in [0.5, 0.6) is 0 Å². The number of fused-ring (bicyclic) bond motifs is 1. The molecule has 1 aliphatic carbocycles. The van der Waals surface area contributed by atoms with E-state index in [0.29, 0.717) is 12.1 Å². The predicted octanol–water partition coefficient (Wildman–Crippen LogP) is 1.91. The van der Waals surface area contributed by atoms with E-state index in [4.69, 9.17) is 10.1 Å². The Morgan fingerprint density at radius 2 is 2.08 bits per heavy atom. The average molecular weight is 390 g/mol. The highest BCUT2D eigenvalue weighted by atomic mass is 32.2. The molecule has 2 N–H and O–H groups in total. The van der Waals surface area contributed by atoms with Crippen molar-refractivity contribution in [2.24, 2.45) is 5.14 Å². The fourth-order valence-electron chi connectivity index (χ4n) is 3.03. The summed E-state index contributed by atoms with van der Waals surface area (Å²) in [5.74, 6) is 0.740. The van der Waals surface area contributed by atoms with E-state index in [9.17, 15) is 13.2 Å². The molecule has 3 aromatic rings. The number of thiazole rings is 1. The molecule has 4 rings (SSSR count). The molecule has 0 radical (unpaired) electrons. The summed E-state index contributed by atoms with van der Waals surface area (Å²) in [6.07, 6.45) is 3.71. The SMILES string of the molecule is Cc1ncc(Cn2c(C3(C)CC3)nc3ccc(S(N)(=O)=O)cc3c2=O)s1. The summed E-state index contributed by atoms with van der Waals surface area (Å²) < 4.78 is 24.9. The quantitative estimate of drug-likeness (QED) is 0.732. The number of benzene rings is 1. The Morgan fingerprint density at radius 1 is 1.35 bits per heavy atom. The monoisotopic (exact) mass is 390 g/mol. The van der Waals surface area contributed by atoms with Crippen LogP contribution in [0, 0.1) is 6.92 Å². The molecule has 0 saturated heterocycles. The lowest BCUT2D eigenvalue weighted by Gasteiger charge is -2.17. The largest absolute Gasteiger partial charge is 0.290 e. The zero-order valence-electron chi connectivity index (χ0n) is 14.4. The van der Waals surface area contributed by atoms with Gasteiger partial charge in [-0.2, -0.15) is 0 Å². The number of hydrogen-bond acceptors (Lipinski definition) is 6. The van der Waals surface area contributed by atoms with Crippen LogP contribution in [0.25, 0.3) is 10.9 Å². The molecule has 0 bridgehead atoms. The smallest absolute Gasteiger partial charge is 0.261 e. The first-order valence-electron chi connectivity index (χ1n) is 8.17. The Labute approximate surface area is 154 Å². The van der Waals surface area contributed by atoms with Crippen molar-refractivity contribution in [3.8, 4) is 0 Å². The van der Waals surface area contributed by atoms with Gasteiger partial charge in [-0.05, 0) is 38.0 Å². The van der Waals surface area contributed by atoms with Gasteiger partial charge in [-0.25, -0.2) is 23.5 Å². The van der Waals surface area contributed by atoms with Gasteiger partial charge in [0.05, 0.1) is 27.4 Å². The number of sulfonamides is 1. The summed E-state index contributed by atoms with van der Waals surface area (Å²) in [7, 11) is -3.89. The lowest BCUT2D eigenvalue weighted by Crippen LogP contribution is -2.29. The minimum atomic E-state index is -3.89. The summed E-state index contributed by atoms with van der Waals surface area (Å²) in [5, 5.41) is 6.39. The summed E-state index contributed by atoms with van der Waals surface area (Å²) >= 11 is 1.53. The molecule has 1 saturated carbocycles. The van der Waals surface area contributed by atoms with E-state index in [0.717, 1.165) is 28.6 Å². The lowest BCUT2D eigenvalue weighted by atomic mass is 10.1. The summed E-state index contributed by atoms with van der Waals surface area (Å²) in [4.78, 5) is 23.0. The lowest BCUT2D eigenvalue weighted by molar-refractivity contribution is 0.597. The molecule has 1 aromatic carbocycles. The summed E-state index contributed by atoms with van der Waals surface area (Å²) in [5.41, 5.74) is 0.114. The molecular weight excluding hydrogens is 372 g/mol. The first-order valence-corrected chi connectivity index (χ1v) is 10.5. The third-order valence-electron chi connectivity index (χ3n) is 4.78. The van der Waals surface area contributed by atoms with Crippen LogP contribution >= 0.6 is 11.3 Å². The van der Waals surface area contributed by atoms with Gasteiger partial charge in [0.1, 0.15) is 5.82 Å². The van der Waals surface area contributed by atoms with Crippen LogP contribution in [0.4, 0.5) is 0 Å². The summed E-state index contributed by atoms with van der Waals surface area (Å²) in [6.45, 7) is 4.38. The molecule has 0 unspecified atom stereocenters. The second-order valence-corrected chi connectivity index (χ2v) is 9.84. The molecule has 0 amide bonds. The molecule has 2 aromatic heterocycles. The van der Waals surface area contributed by atoms with Gasteiger partial charge in [0, 0.05) is 16.5 Å². The fraction of sp³-hybridized carbons (Fsp3) is 0.353. The molecule has 9 heteroatoms. The zero-order valence-corrected chi connectivity index (χ0v) is 16.0. The number of primary sulfonamides is 1. The Kier molecular flexibility index (Phi) is 3.80. The van der Waals surface area contributed by atoms with Crippen molar-refractivity contribution < 1.29 is 8.42 Å². The molecule has 1 fully saturated rings. The molecule has 136 valence electrons. The molecule has 0 atom stereocenters. The summed E-state index contributed by atoms with van der Waals surface area (Å²) in [6, 6.07) is 4.25. The molecule has 0 aliphatic heterocycles. The van der Waals surface area contributed by atoms with E-state index in [1.165, 1.54) is 23.5 Å². The number of aromatic nitrogens is 3. The van der Waals surface area contributed by atoms with E-state index in [2.05, 4.69) is 11.9 Å². The first kappa shape index (κ1) is 17.3. The Balaban J connectivity index is 1.97. The molecule has 1 aliphatic rings. The van der Waals surface area contributed by atoms with Gasteiger partial charge >= 0.3 is 0 Å². The van der Waals surface area contributed by atoms with E-state index < -0.39 is 10.0 Å². The molecule has 7 nitrogen and oxygen atoms in total. The molecule has 2 heterocycles. The van der Waals surface area contributed by atoms with E-state index >= 15 is 0 Å². The molecular formula is C17H18N4O3S2. The number of rotatable bonds is 4. The fourth-order valence-corrected chi connectivity index (χ4v) is 4.35. The van der Waals surface area contributed by atoms with Crippen LogP contribution in [0.1, 0.15) is 35.5 Å². The van der Waals surface area contributed by atoms with Crippen molar-refractivity contribution in [3.05, 3.63) is 50.5 Å². The standard InChI is InChI=1S/C17H18N4O3S2/c1-10-19-8-11(25-10)9-21-15(22)13-7-12(26(18,23)24)3-4-14(13)20-16(21)17(2)5-6-17/h3-4,7-8H,5-6,9H2,1-2H3,(H2,18,23,24). The van der Waals surface area contributed by atoms with Crippen molar-refractivity contribution in [3.63, 3.8) is 0 Å². The highest BCUT2D eigenvalue weighted by Crippen LogP contribution is 2.46. The van der Waals surface area contributed by atoms with E-state index in [1.807, 2.05) is 6.92 Å². The van der Waals surface area contributed by atoms with Crippen LogP contribution in [-0.4, -0.2) is 23.0 Å². The predicted molar refractivity (Wildman–Crippen MR) is 99.9 cm³/mol. The number of hydrogen-bond donors (Lipinski definition) is 1. The second kappa shape index (κ2) is 5.70. The van der Waals surface area contributed by atoms with Gasteiger partial charge in [-0.3, -0.25) is 9.36 Å². The Hall–Kier alpha value is -2.10. The van der Waals surface area contributed by atoms with Crippen LogP contribution in [0.15, 0.2) is 34.1 Å². The van der Waals surface area contributed by atoms with Gasteiger partial charge < -0.3 is 0 Å². The molecule has 0 spiro atoms. The van der Waals surface area contributed by atoms with Crippen LogP contribution in [0.2, 0.25) is 0 Å². The van der Waals surface area contributed by atoms with Crippen molar-refractivity contribution >= 4 is 32.3 Å². The van der Waals surface area contributed by atoms with Crippen molar-refractivity contribution in [1.29, 1.82) is 0 Å². The Morgan fingerprint density at radius 3 is 2.65 bits per heavy atom. The maximum absolute atomic E-state index is 13.2. The highest BCUT2D eigenvalue weighted by Gasteiger charge is 2.43. The first-order chi connectivity index (χ1) is 12.2. The number of nitrogens with two attached hydrogens (primary N) is 1. The minimum Gasteiger partial charge on any atom is -0.290 e.